The number of carboxylic acids is 1. The zero-order chi connectivity index (χ0) is 14.2. The van der Waals surface area contributed by atoms with Gasteiger partial charge in [-0.05, 0) is 19.1 Å². The zero-order valence-electron chi connectivity index (χ0n) is 11.2. The Morgan fingerprint density at radius 2 is 2.10 bits per heavy atom. The number of aromatic nitrogens is 1. The topological polar surface area (TPSA) is 62.2 Å². The highest BCUT2D eigenvalue weighted by Gasteiger charge is 2.41. The van der Waals surface area contributed by atoms with Gasteiger partial charge in [0.05, 0.1) is 5.56 Å². The largest absolute Gasteiger partial charge is 0.478 e. The third-order valence-corrected chi connectivity index (χ3v) is 5.26. The van der Waals surface area contributed by atoms with Crippen molar-refractivity contribution in [3.8, 4) is 0 Å². The number of nitrogens with one attached hydrogen (secondary N) is 1. The first kappa shape index (κ1) is 13.2. The van der Waals surface area contributed by atoms with Gasteiger partial charge in [-0.2, -0.15) is 11.8 Å². The van der Waals surface area contributed by atoms with Crippen LogP contribution in [0.15, 0.2) is 30.5 Å². The van der Waals surface area contributed by atoms with Gasteiger partial charge in [-0.25, -0.2) is 9.78 Å². The third-order valence-electron chi connectivity index (χ3n) is 3.84. The lowest BCUT2D eigenvalue weighted by molar-refractivity contribution is 0.0698. The number of hydrogen-bond donors (Lipinski definition) is 2. The minimum Gasteiger partial charge on any atom is -0.478 e. The Bertz CT molecular complexity index is 668. The molecular formula is C15H16N2O2S. The fraction of sp³-hybridized carbons (Fsp3) is 0.333. The molecule has 0 aliphatic heterocycles. The molecule has 4 nitrogen and oxygen atoms in total. The summed E-state index contributed by atoms with van der Waals surface area (Å²) in [7, 11) is 0. The van der Waals surface area contributed by atoms with Crippen LogP contribution in [0.3, 0.4) is 0 Å². The smallest absolute Gasteiger partial charge is 0.337 e. The van der Waals surface area contributed by atoms with E-state index in [1.807, 2.05) is 36.0 Å². The standard InChI is InChI=1S/C15H16N2O2S/c1-20-15(6-7-15)9-17-13-11-5-3-2-4-10(11)12(8-16-13)14(18)19/h2-5,8H,6-7,9H2,1H3,(H,16,17)(H,18,19). The molecule has 0 bridgehead atoms. The van der Waals surface area contributed by atoms with Crippen LogP contribution < -0.4 is 5.32 Å². The average molecular weight is 288 g/mol. The number of hydrogen-bond acceptors (Lipinski definition) is 4. The number of rotatable bonds is 5. The highest BCUT2D eigenvalue weighted by molar-refractivity contribution is 8.00. The summed E-state index contributed by atoms with van der Waals surface area (Å²) in [5.74, 6) is -0.172. The van der Waals surface area contributed by atoms with Crippen LogP contribution in [0, 0.1) is 0 Å². The molecule has 2 aromatic rings. The Kier molecular flexibility index (Phi) is 3.30. The summed E-state index contributed by atoms with van der Waals surface area (Å²) in [4.78, 5) is 15.5. The molecule has 1 heterocycles. The third kappa shape index (κ3) is 2.33. The summed E-state index contributed by atoms with van der Waals surface area (Å²) in [6.07, 6.45) is 6.03. The molecule has 0 spiro atoms. The SMILES string of the molecule is CSC1(CNc2ncc(C(=O)O)c3ccccc23)CC1. The molecule has 1 aromatic heterocycles. The number of aromatic carboxylic acids is 1. The zero-order valence-corrected chi connectivity index (χ0v) is 12.0. The molecule has 20 heavy (non-hydrogen) atoms. The van der Waals surface area contributed by atoms with Crippen molar-refractivity contribution in [3.63, 3.8) is 0 Å². The van der Waals surface area contributed by atoms with E-state index < -0.39 is 5.97 Å². The second-order valence-electron chi connectivity index (χ2n) is 5.11. The highest BCUT2D eigenvalue weighted by Crippen LogP contribution is 2.47. The Balaban J connectivity index is 1.96. The summed E-state index contributed by atoms with van der Waals surface area (Å²) in [6.45, 7) is 0.873. The van der Waals surface area contributed by atoms with Crippen molar-refractivity contribution in [1.29, 1.82) is 0 Å². The van der Waals surface area contributed by atoms with E-state index in [0.717, 1.165) is 23.1 Å². The lowest BCUT2D eigenvalue weighted by atomic mass is 10.1. The maximum atomic E-state index is 11.2. The Hall–Kier alpha value is -1.75. The van der Waals surface area contributed by atoms with Gasteiger partial charge in [-0.3, -0.25) is 0 Å². The molecule has 0 unspecified atom stereocenters. The average Bonchev–Trinajstić information content (AvgIpc) is 3.25. The summed E-state index contributed by atoms with van der Waals surface area (Å²) in [5.41, 5.74) is 0.247. The number of pyridine rings is 1. The molecule has 0 radical (unpaired) electrons. The van der Waals surface area contributed by atoms with Gasteiger partial charge < -0.3 is 10.4 Å². The quantitative estimate of drug-likeness (QED) is 0.884. The number of fused-ring (bicyclic) bond motifs is 1. The summed E-state index contributed by atoms with van der Waals surface area (Å²) < 4.78 is 0.342. The summed E-state index contributed by atoms with van der Waals surface area (Å²) in [6, 6.07) is 7.49. The van der Waals surface area contributed by atoms with Gasteiger partial charge in [0.1, 0.15) is 5.82 Å². The Labute approximate surface area is 121 Å². The van der Waals surface area contributed by atoms with E-state index in [1.165, 1.54) is 19.0 Å². The van der Waals surface area contributed by atoms with Crippen LogP contribution in [0.25, 0.3) is 10.8 Å². The van der Waals surface area contributed by atoms with Gasteiger partial charge in [-0.1, -0.05) is 24.3 Å². The Morgan fingerprint density at radius 1 is 1.40 bits per heavy atom. The monoisotopic (exact) mass is 288 g/mol. The van der Waals surface area contributed by atoms with Crippen molar-refractivity contribution in [3.05, 3.63) is 36.0 Å². The van der Waals surface area contributed by atoms with E-state index in [2.05, 4.69) is 16.6 Å². The Morgan fingerprint density at radius 3 is 2.70 bits per heavy atom. The van der Waals surface area contributed by atoms with Crippen LogP contribution >= 0.6 is 11.8 Å². The molecule has 1 aromatic carbocycles. The second kappa shape index (κ2) is 4.98. The van der Waals surface area contributed by atoms with Crippen molar-refractivity contribution < 1.29 is 9.90 Å². The van der Waals surface area contributed by atoms with E-state index in [-0.39, 0.29) is 5.56 Å². The fourth-order valence-corrected chi connectivity index (χ4v) is 3.07. The number of carboxylic acid groups (broad SMARTS) is 1. The van der Waals surface area contributed by atoms with Crippen molar-refractivity contribution in [2.24, 2.45) is 0 Å². The highest BCUT2D eigenvalue weighted by atomic mass is 32.2. The van der Waals surface area contributed by atoms with E-state index in [1.54, 1.807) is 0 Å². The molecule has 1 fully saturated rings. The number of thioether (sulfide) groups is 1. The first-order valence-corrected chi connectivity index (χ1v) is 7.78. The molecule has 1 saturated carbocycles. The van der Waals surface area contributed by atoms with Crippen molar-refractivity contribution in [1.82, 2.24) is 4.98 Å². The molecular weight excluding hydrogens is 272 g/mol. The van der Waals surface area contributed by atoms with E-state index in [4.69, 9.17) is 0 Å². The van der Waals surface area contributed by atoms with Gasteiger partial charge in [0, 0.05) is 28.3 Å². The van der Waals surface area contributed by atoms with Crippen LogP contribution in [0.5, 0.6) is 0 Å². The predicted octanol–water partition coefficient (Wildman–Crippen LogP) is 3.24. The number of benzene rings is 1. The minimum absolute atomic E-state index is 0.247. The normalized spacial score (nSPS) is 16.1. The van der Waals surface area contributed by atoms with Crippen molar-refractivity contribution >= 4 is 34.3 Å². The fourth-order valence-electron chi connectivity index (χ4n) is 2.34. The van der Waals surface area contributed by atoms with E-state index in [9.17, 15) is 9.90 Å². The van der Waals surface area contributed by atoms with Crippen LogP contribution in [-0.4, -0.2) is 33.6 Å². The maximum absolute atomic E-state index is 11.2. The maximum Gasteiger partial charge on any atom is 0.337 e. The number of anilines is 1. The first-order valence-electron chi connectivity index (χ1n) is 6.55. The van der Waals surface area contributed by atoms with Crippen molar-refractivity contribution in [2.75, 3.05) is 18.1 Å². The predicted molar refractivity (Wildman–Crippen MR) is 82.7 cm³/mol. The van der Waals surface area contributed by atoms with Gasteiger partial charge in [-0.15, -0.1) is 0 Å². The van der Waals surface area contributed by atoms with Crippen LogP contribution in [0.4, 0.5) is 5.82 Å². The molecule has 1 aliphatic rings. The first-order chi connectivity index (χ1) is 9.65. The summed E-state index contributed by atoms with van der Waals surface area (Å²) in [5, 5.41) is 14.2. The van der Waals surface area contributed by atoms with E-state index in [0.29, 0.717) is 4.75 Å². The molecule has 3 rings (SSSR count). The summed E-state index contributed by atoms with van der Waals surface area (Å²) >= 11 is 1.89. The molecule has 0 saturated heterocycles. The van der Waals surface area contributed by atoms with Gasteiger partial charge in [0.2, 0.25) is 0 Å². The number of carbonyl (C=O) groups is 1. The molecule has 0 amide bonds. The van der Waals surface area contributed by atoms with Crippen LogP contribution in [0.1, 0.15) is 23.2 Å². The molecule has 5 heteroatoms. The van der Waals surface area contributed by atoms with Crippen molar-refractivity contribution in [2.45, 2.75) is 17.6 Å². The van der Waals surface area contributed by atoms with Gasteiger partial charge in [0.15, 0.2) is 0 Å². The van der Waals surface area contributed by atoms with Crippen LogP contribution in [-0.2, 0) is 0 Å². The molecule has 104 valence electrons. The van der Waals surface area contributed by atoms with Crippen LogP contribution in [0.2, 0.25) is 0 Å². The second-order valence-corrected chi connectivity index (χ2v) is 6.39. The van der Waals surface area contributed by atoms with E-state index >= 15 is 0 Å². The lowest BCUT2D eigenvalue weighted by Crippen LogP contribution is -2.18. The molecule has 1 aliphatic carbocycles. The molecule has 2 N–H and O–H groups in total. The number of nitrogens with zero attached hydrogens (tertiary/aromatic N) is 1. The molecule has 0 atom stereocenters. The van der Waals surface area contributed by atoms with Gasteiger partial charge >= 0.3 is 5.97 Å². The van der Waals surface area contributed by atoms with Gasteiger partial charge in [0.25, 0.3) is 0 Å². The lowest BCUT2D eigenvalue weighted by Gasteiger charge is -2.15. The minimum atomic E-state index is -0.942.